The van der Waals surface area contributed by atoms with E-state index in [1.807, 2.05) is 6.07 Å². The van der Waals surface area contributed by atoms with Crippen LogP contribution < -0.4 is 10.6 Å². The van der Waals surface area contributed by atoms with Gasteiger partial charge >= 0.3 is 6.03 Å². The lowest BCUT2D eigenvalue weighted by molar-refractivity contribution is 0.255. The minimum atomic E-state index is -0.510. The number of nitrogens with zero attached hydrogens (tertiary/aromatic N) is 1. The number of benzene rings is 2. The van der Waals surface area contributed by atoms with Crippen LogP contribution in [0.2, 0.25) is 5.02 Å². The molecule has 2 aromatic rings. The van der Waals surface area contributed by atoms with Crippen LogP contribution in [0.5, 0.6) is 0 Å². The van der Waals surface area contributed by atoms with Crippen LogP contribution in [0.4, 0.5) is 10.5 Å². The largest absolute Gasteiger partial charge is 0.409 e. The van der Waals surface area contributed by atoms with Crippen LogP contribution in [0.25, 0.3) is 0 Å². The Morgan fingerprint density at radius 1 is 1.05 bits per heavy atom. The molecule has 0 aromatic heterocycles. The van der Waals surface area contributed by atoms with Gasteiger partial charge in [-0.25, -0.2) is 4.79 Å². The van der Waals surface area contributed by atoms with Crippen molar-refractivity contribution >= 4 is 29.2 Å². The van der Waals surface area contributed by atoms with E-state index in [2.05, 4.69) is 15.8 Å². The highest BCUT2D eigenvalue weighted by Gasteiger charge is 2.08. The van der Waals surface area contributed by atoms with Crippen LogP contribution >= 0.6 is 11.6 Å². The number of carbonyl (C=O) groups excluding carboxylic acids is 1. The summed E-state index contributed by atoms with van der Waals surface area (Å²) in [4.78, 5) is 11.8. The third kappa shape index (κ3) is 3.73. The van der Waals surface area contributed by atoms with Crippen LogP contribution in [-0.4, -0.2) is 17.1 Å². The molecular formula is C14H12ClN3O2. The van der Waals surface area contributed by atoms with Gasteiger partial charge in [0.2, 0.25) is 0 Å². The average Bonchev–Trinajstić information content (AvgIpc) is 2.48. The summed E-state index contributed by atoms with van der Waals surface area (Å²) in [6.45, 7) is 0. The fourth-order valence-corrected chi connectivity index (χ4v) is 1.68. The number of halogens is 1. The van der Waals surface area contributed by atoms with Crippen molar-refractivity contribution in [1.82, 2.24) is 5.32 Å². The van der Waals surface area contributed by atoms with Crippen LogP contribution in [-0.2, 0) is 0 Å². The molecule has 0 aliphatic heterocycles. The molecule has 0 unspecified atom stereocenters. The number of oxime groups is 1. The number of hydrogen-bond acceptors (Lipinski definition) is 3. The van der Waals surface area contributed by atoms with Gasteiger partial charge in [-0.1, -0.05) is 47.1 Å². The molecule has 2 aromatic carbocycles. The molecule has 0 spiro atoms. The predicted molar refractivity (Wildman–Crippen MR) is 78.4 cm³/mol. The normalized spacial score (nSPS) is 10.9. The van der Waals surface area contributed by atoms with Gasteiger partial charge in [0, 0.05) is 16.3 Å². The highest BCUT2D eigenvalue weighted by molar-refractivity contribution is 6.30. The molecule has 0 heterocycles. The van der Waals surface area contributed by atoms with Crippen molar-refractivity contribution in [3.05, 3.63) is 65.2 Å². The summed E-state index contributed by atoms with van der Waals surface area (Å²) >= 11 is 5.75. The quantitative estimate of drug-likeness (QED) is 0.343. The molecule has 2 rings (SSSR count). The van der Waals surface area contributed by atoms with Gasteiger partial charge in [0.05, 0.1) is 0 Å². The van der Waals surface area contributed by atoms with Crippen molar-refractivity contribution in [3.63, 3.8) is 0 Å². The first-order chi connectivity index (χ1) is 9.69. The number of anilines is 1. The van der Waals surface area contributed by atoms with E-state index in [4.69, 9.17) is 16.8 Å². The van der Waals surface area contributed by atoms with Gasteiger partial charge in [0.1, 0.15) is 0 Å². The van der Waals surface area contributed by atoms with Gasteiger partial charge in [0.15, 0.2) is 5.84 Å². The van der Waals surface area contributed by atoms with E-state index in [1.54, 1.807) is 48.5 Å². The molecule has 0 bridgehead atoms. The maximum atomic E-state index is 11.8. The van der Waals surface area contributed by atoms with E-state index in [0.29, 0.717) is 16.3 Å². The average molecular weight is 290 g/mol. The third-order valence-electron chi connectivity index (χ3n) is 2.48. The first-order valence-corrected chi connectivity index (χ1v) is 6.18. The fourth-order valence-electron chi connectivity index (χ4n) is 1.55. The number of amidine groups is 1. The van der Waals surface area contributed by atoms with E-state index in [0.717, 1.165) is 0 Å². The van der Waals surface area contributed by atoms with Crippen molar-refractivity contribution in [1.29, 1.82) is 0 Å². The standard InChI is InChI=1S/C14H12ClN3O2/c15-11-6-8-12(9-7-11)16-14(19)17-13(18-20)10-4-2-1-3-5-10/h1-9,20H,(H2,16,17,18,19). The zero-order valence-corrected chi connectivity index (χ0v) is 11.1. The number of hydrogen-bond donors (Lipinski definition) is 3. The third-order valence-corrected chi connectivity index (χ3v) is 2.73. The van der Waals surface area contributed by atoms with Crippen LogP contribution in [0.15, 0.2) is 59.8 Å². The van der Waals surface area contributed by atoms with Crippen LogP contribution in [0, 0.1) is 0 Å². The second-order valence-electron chi connectivity index (χ2n) is 3.90. The van der Waals surface area contributed by atoms with Crippen LogP contribution in [0.3, 0.4) is 0 Å². The number of rotatable bonds is 2. The maximum Gasteiger partial charge on any atom is 0.324 e. The van der Waals surface area contributed by atoms with Crippen molar-refractivity contribution in [2.75, 3.05) is 5.32 Å². The molecule has 5 nitrogen and oxygen atoms in total. The molecule has 0 saturated heterocycles. The first kappa shape index (κ1) is 13.9. The second kappa shape index (κ2) is 6.58. The van der Waals surface area contributed by atoms with E-state index >= 15 is 0 Å². The van der Waals surface area contributed by atoms with Gasteiger partial charge in [-0.3, -0.25) is 5.32 Å². The zero-order valence-electron chi connectivity index (χ0n) is 10.4. The Kier molecular flexibility index (Phi) is 4.57. The number of carbonyl (C=O) groups is 1. The smallest absolute Gasteiger partial charge is 0.324 e. The summed E-state index contributed by atoms with van der Waals surface area (Å²) in [5.41, 5.74) is 1.18. The summed E-state index contributed by atoms with van der Waals surface area (Å²) in [5.74, 6) is 0.0667. The summed E-state index contributed by atoms with van der Waals surface area (Å²) in [5, 5.41) is 17.7. The topological polar surface area (TPSA) is 73.7 Å². The van der Waals surface area contributed by atoms with Crippen molar-refractivity contribution < 1.29 is 10.0 Å². The molecule has 20 heavy (non-hydrogen) atoms. The van der Waals surface area contributed by atoms with Crippen molar-refractivity contribution in [3.8, 4) is 0 Å². The Labute approximate surface area is 120 Å². The molecule has 0 aliphatic carbocycles. The molecule has 0 saturated carbocycles. The summed E-state index contributed by atoms with van der Waals surface area (Å²) in [6.07, 6.45) is 0. The number of urea groups is 1. The summed E-state index contributed by atoms with van der Waals surface area (Å²) in [6, 6.07) is 15.0. The maximum absolute atomic E-state index is 11.8. The molecule has 2 amide bonds. The van der Waals surface area contributed by atoms with Crippen molar-refractivity contribution in [2.45, 2.75) is 0 Å². The molecule has 102 valence electrons. The molecule has 0 radical (unpaired) electrons. The van der Waals surface area contributed by atoms with Crippen molar-refractivity contribution in [2.24, 2.45) is 5.16 Å². The second-order valence-corrected chi connectivity index (χ2v) is 4.34. The summed E-state index contributed by atoms with van der Waals surface area (Å²) in [7, 11) is 0. The van der Waals surface area contributed by atoms with Gasteiger partial charge in [0.25, 0.3) is 0 Å². The van der Waals surface area contributed by atoms with E-state index < -0.39 is 6.03 Å². The monoisotopic (exact) mass is 289 g/mol. The Hall–Kier alpha value is -2.53. The Morgan fingerprint density at radius 3 is 2.30 bits per heavy atom. The zero-order chi connectivity index (χ0) is 14.4. The first-order valence-electron chi connectivity index (χ1n) is 5.80. The highest BCUT2D eigenvalue weighted by Crippen LogP contribution is 2.13. The van der Waals surface area contributed by atoms with Gasteiger partial charge in [-0.05, 0) is 24.3 Å². The molecule has 0 atom stereocenters. The number of amides is 2. The lowest BCUT2D eigenvalue weighted by atomic mass is 10.2. The lowest BCUT2D eigenvalue weighted by Crippen LogP contribution is -2.35. The SMILES string of the molecule is O=C(N/C(=N\O)c1ccccc1)Nc1ccc(Cl)cc1. The van der Waals surface area contributed by atoms with Gasteiger partial charge in [-0.2, -0.15) is 0 Å². The van der Waals surface area contributed by atoms with Crippen LogP contribution in [0.1, 0.15) is 5.56 Å². The number of nitrogens with one attached hydrogen (secondary N) is 2. The Morgan fingerprint density at radius 2 is 1.70 bits per heavy atom. The lowest BCUT2D eigenvalue weighted by Gasteiger charge is -2.09. The highest BCUT2D eigenvalue weighted by atomic mass is 35.5. The van der Waals surface area contributed by atoms with E-state index in [9.17, 15) is 4.79 Å². The predicted octanol–water partition coefficient (Wildman–Crippen LogP) is 3.30. The minimum Gasteiger partial charge on any atom is -0.409 e. The van der Waals surface area contributed by atoms with E-state index in [1.165, 1.54) is 0 Å². The Bertz CT molecular complexity index is 612. The molecular weight excluding hydrogens is 278 g/mol. The van der Waals surface area contributed by atoms with E-state index in [-0.39, 0.29) is 5.84 Å². The molecule has 0 aliphatic rings. The fraction of sp³-hybridized carbons (Fsp3) is 0. The van der Waals surface area contributed by atoms with Gasteiger partial charge in [-0.15, -0.1) is 0 Å². The molecule has 3 N–H and O–H groups in total. The molecule has 6 heteroatoms. The minimum absolute atomic E-state index is 0.0667. The molecule has 0 fully saturated rings. The Balaban J connectivity index is 2.02. The van der Waals surface area contributed by atoms with Gasteiger partial charge < -0.3 is 10.5 Å². The summed E-state index contributed by atoms with van der Waals surface area (Å²) < 4.78 is 0.